The Bertz CT molecular complexity index is 705. The fourth-order valence-corrected chi connectivity index (χ4v) is 2.65. The zero-order chi connectivity index (χ0) is 19.1. The summed E-state index contributed by atoms with van der Waals surface area (Å²) in [5.74, 6) is -1.42. The summed E-state index contributed by atoms with van der Waals surface area (Å²) in [5.41, 5.74) is 0.809. The average molecular weight is 353 g/mol. The SMILES string of the molecule is COC(=O)C(NC(C(=O)c1ccccc1)C(=O)c1ccccc1)C(C)C. The largest absolute Gasteiger partial charge is 0.468 e. The molecular formula is C21H23NO4. The van der Waals surface area contributed by atoms with Crippen LogP contribution in [0.4, 0.5) is 0 Å². The van der Waals surface area contributed by atoms with Crippen LogP contribution in [0.25, 0.3) is 0 Å². The smallest absolute Gasteiger partial charge is 0.323 e. The summed E-state index contributed by atoms with van der Waals surface area (Å²) in [4.78, 5) is 38.1. The molecule has 2 rings (SSSR count). The van der Waals surface area contributed by atoms with E-state index in [9.17, 15) is 14.4 Å². The van der Waals surface area contributed by atoms with Gasteiger partial charge in [0.25, 0.3) is 0 Å². The van der Waals surface area contributed by atoms with Gasteiger partial charge in [-0.15, -0.1) is 0 Å². The highest BCUT2D eigenvalue weighted by Gasteiger charge is 2.34. The van der Waals surface area contributed by atoms with Gasteiger partial charge in [-0.3, -0.25) is 19.7 Å². The zero-order valence-electron chi connectivity index (χ0n) is 15.1. The van der Waals surface area contributed by atoms with Crippen LogP contribution in [0.15, 0.2) is 60.7 Å². The van der Waals surface area contributed by atoms with Gasteiger partial charge in [0.15, 0.2) is 11.6 Å². The first-order valence-electron chi connectivity index (χ1n) is 8.48. The van der Waals surface area contributed by atoms with E-state index in [1.807, 2.05) is 13.8 Å². The van der Waals surface area contributed by atoms with Crippen LogP contribution in [0.2, 0.25) is 0 Å². The van der Waals surface area contributed by atoms with Gasteiger partial charge in [0.1, 0.15) is 12.1 Å². The number of hydrogen-bond acceptors (Lipinski definition) is 5. The Balaban J connectivity index is 2.39. The second kappa shape index (κ2) is 9.06. The fraction of sp³-hybridized carbons (Fsp3) is 0.286. The molecule has 1 atom stereocenters. The molecule has 0 aliphatic heterocycles. The van der Waals surface area contributed by atoms with E-state index in [-0.39, 0.29) is 17.5 Å². The maximum absolute atomic E-state index is 13.0. The molecule has 136 valence electrons. The molecule has 5 nitrogen and oxygen atoms in total. The number of esters is 1. The summed E-state index contributed by atoms with van der Waals surface area (Å²) in [5, 5.41) is 2.93. The highest BCUT2D eigenvalue weighted by Crippen LogP contribution is 2.13. The topological polar surface area (TPSA) is 72.5 Å². The Hall–Kier alpha value is -2.79. The van der Waals surface area contributed by atoms with Crippen LogP contribution in [-0.4, -0.2) is 36.7 Å². The Morgan fingerprint density at radius 2 is 1.23 bits per heavy atom. The van der Waals surface area contributed by atoms with Crippen molar-refractivity contribution in [1.82, 2.24) is 5.32 Å². The summed E-state index contributed by atoms with van der Waals surface area (Å²) in [6.45, 7) is 3.65. The van der Waals surface area contributed by atoms with E-state index < -0.39 is 18.1 Å². The Morgan fingerprint density at radius 3 is 1.58 bits per heavy atom. The van der Waals surface area contributed by atoms with Crippen LogP contribution in [0.5, 0.6) is 0 Å². The van der Waals surface area contributed by atoms with Gasteiger partial charge < -0.3 is 4.74 Å². The number of Topliss-reactive ketones (excluding diaryl/α,β-unsaturated/α-hetero) is 2. The van der Waals surface area contributed by atoms with Crippen molar-refractivity contribution in [3.8, 4) is 0 Å². The molecular weight excluding hydrogens is 330 g/mol. The van der Waals surface area contributed by atoms with Crippen LogP contribution >= 0.6 is 0 Å². The van der Waals surface area contributed by atoms with Crippen molar-refractivity contribution in [2.45, 2.75) is 25.9 Å². The van der Waals surface area contributed by atoms with Crippen molar-refractivity contribution in [2.24, 2.45) is 5.92 Å². The number of rotatable bonds is 8. The van der Waals surface area contributed by atoms with Crippen LogP contribution < -0.4 is 5.32 Å². The fourth-order valence-electron chi connectivity index (χ4n) is 2.65. The number of hydrogen-bond donors (Lipinski definition) is 1. The van der Waals surface area contributed by atoms with Crippen molar-refractivity contribution < 1.29 is 19.1 Å². The van der Waals surface area contributed by atoms with Crippen LogP contribution in [0.3, 0.4) is 0 Å². The molecule has 0 amide bonds. The lowest BCUT2D eigenvalue weighted by atomic mass is 9.94. The van der Waals surface area contributed by atoms with E-state index >= 15 is 0 Å². The summed E-state index contributed by atoms with van der Waals surface area (Å²) < 4.78 is 4.82. The van der Waals surface area contributed by atoms with Gasteiger partial charge in [-0.25, -0.2) is 0 Å². The molecule has 1 unspecified atom stereocenters. The third kappa shape index (κ3) is 4.64. The number of nitrogens with one attached hydrogen (secondary N) is 1. The second-order valence-electron chi connectivity index (χ2n) is 6.31. The summed E-state index contributed by atoms with van der Waals surface area (Å²) in [7, 11) is 1.28. The first kappa shape index (κ1) is 19.5. The number of ketones is 2. The molecule has 0 saturated carbocycles. The minimum atomic E-state index is -1.17. The molecule has 5 heteroatoms. The molecule has 0 radical (unpaired) electrons. The molecule has 0 heterocycles. The Kier molecular flexibility index (Phi) is 6.81. The number of carbonyl (C=O) groups excluding carboxylic acids is 3. The van der Waals surface area contributed by atoms with E-state index in [1.54, 1.807) is 60.7 Å². The van der Waals surface area contributed by atoms with Gasteiger partial charge in [0.2, 0.25) is 0 Å². The predicted molar refractivity (Wildman–Crippen MR) is 99.1 cm³/mol. The van der Waals surface area contributed by atoms with Gasteiger partial charge in [0.05, 0.1) is 7.11 Å². The predicted octanol–water partition coefficient (Wildman–Crippen LogP) is 2.91. The normalized spacial score (nSPS) is 12.0. The molecule has 0 aliphatic rings. The van der Waals surface area contributed by atoms with E-state index in [0.29, 0.717) is 11.1 Å². The number of ether oxygens (including phenoxy) is 1. The third-order valence-corrected chi connectivity index (χ3v) is 4.11. The minimum Gasteiger partial charge on any atom is -0.468 e. The molecule has 1 N–H and O–H groups in total. The summed E-state index contributed by atoms with van der Waals surface area (Å²) in [6, 6.07) is 15.2. The van der Waals surface area contributed by atoms with Gasteiger partial charge in [-0.05, 0) is 5.92 Å². The van der Waals surface area contributed by atoms with E-state index in [0.717, 1.165) is 0 Å². The molecule has 0 fully saturated rings. The van der Waals surface area contributed by atoms with E-state index in [4.69, 9.17) is 4.74 Å². The lowest BCUT2D eigenvalue weighted by Crippen LogP contribution is -2.53. The number of benzene rings is 2. The molecule has 26 heavy (non-hydrogen) atoms. The summed E-state index contributed by atoms with van der Waals surface area (Å²) in [6.07, 6.45) is 0. The molecule has 0 bridgehead atoms. The lowest BCUT2D eigenvalue weighted by Gasteiger charge is -2.25. The first-order valence-corrected chi connectivity index (χ1v) is 8.48. The van der Waals surface area contributed by atoms with Crippen molar-refractivity contribution in [3.05, 3.63) is 71.8 Å². The van der Waals surface area contributed by atoms with Gasteiger partial charge in [-0.2, -0.15) is 0 Å². The van der Waals surface area contributed by atoms with Gasteiger partial charge in [-0.1, -0.05) is 74.5 Å². The standard InChI is InChI=1S/C21H23NO4/c1-14(2)17(21(25)26-3)22-18(19(23)15-10-6-4-7-11-15)20(24)16-12-8-5-9-13-16/h4-14,17-18,22H,1-3H3. The van der Waals surface area contributed by atoms with E-state index in [2.05, 4.69) is 5.32 Å². The molecule has 2 aromatic carbocycles. The maximum Gasteiger partial charge on any atom is 0.323 e. The van der Waals surface area contributed by atoms with Crippen molar-refractivity contribution >= 4 is 17.5 Å². The van der Waals surface area contributed by atoms with Crippen LogP contribution in [-0.2, 0) is 9.53 Å². The second-order valence-corrected chi connectivity index (χ2v) is 6.31. The highest BCUT2D eigenvalue weighted by molar-refractivity contribution is 6.19. The average Bonchev–Trinajstić information content (AvgIpc) is 2.68. The summed E-state index contributed by atoms with van der Waals surface area (Å²) >= 11 is 0. The highest BCUT2D eigenvalue weighted by atomic mass is 16.5. The molecule has 0 saturated heterocycles. The van der Waals surface area contributed by atoms with E-state index in [1.165, 1.54) is 7.11 Å². The molecule has 2 aromatic rings. The number of carbonyl (C=O) groups is 3. The van der Waals surface area contributed by atoms with Crippen molar-refractivity contribution in [1.29, 1.82) is 0 Å². The van der Waals surface area contributed by atoms with Crippen molar-refractivity contribution in [2.75, 3.05) is 7.11 Å². The zero-order valence-corrected chi connectivity index (χ0v) is 15.1. The van der Waals surface area contributed by atoms with Crippen LogP contribution in [0, 0.1) is 5.92 Å². The van der Waals surface area contributed by atoms with Crippen molar-refractivity contribution in [3.63, 3.8) is 0 Å². The third-order valence-electron chi connectivity index (χ3n) is 4.11. The monoisotopic (exact) mass is 353 g/mol. The lowest BCUT2D eigenvalue weighted by molar-refractivity contribution is -0.144. The van der Waals surface area contributed by atoms with Gasteiger partial charge >= 0.3 is 5.97 Å². The molecule has 0 aromatic heterocycles. The maximum atomic E-state index is 13.0. The Morgan fingerprint density at radius 1 is 0.808 bits per heavy atom. The van der Waals surface area contributed by atoms with Crippen LogP contribution in [0.1, 0.15) is 34.6 Å². The van der Waals surface area contributed by atoms with Gasteiger partial charge in [0, 0.05) is 11.1 Å². The molecule has 0 spiro atoms. The quantitative estimate of drug-likeness (QED) is 0.449. The minimum absolute atomic E-state index is 0.155. The first-order chi connectivity index (χ1) is 12.5. The molecule has 0 aliphatic carbocycles. The Labute approximate surface area is 153 Å². The number of methoxy groups -OCH3 is 1.